The fraction of sp³-hybridized carbons (Fsp3) is 0.250. The van der Waals surface area contributed by atoms with Crippen LogP contribution in [0.5, 0.6) is 11.5 Å². The molecule has 2 rings (SSSR count). The summed E-state index contributed by atoms with van der Waals surface area (Å²) < 4.78 is 25.6. The smallest absolute Gasteiger partial charge is 0.166 e. The van der Waals surface area contributed by atoms with Gasteiger partial charge in [-0.1, -0.05) is 12.1 Å². The van der Waals surface area contributed by atoms with Gasteiger partial charge in [-0.05, 0) is 58.5 Å². The van der Waals surface area contributed by atoms with Gasteiger partial charge in [0.05, 0.1) is 6.61 Å². The number of nitrogens with one attached hydrogen (secondary N) is 1. The number of methoxy groups -OCH3 is 1. The molecule has 0 spiro atoms. The molecule has 0 fully saturated rings. The lowest BCUT2D eigenvalue weighted by atomic mass is 10.2. The molecule has 0 saturated carbocycles. The van der Waals surface area contributed by atoms with Gasteiger partial charge >= 0.3 is 0 Å². The molecule has 3 nitrogen and oxygen atoms in total. The van der Waals surface area contributed by atoms with E-state index < -0.39 is 0 Å². The first kappa shape index (κ1) is 16.2. The summed E-state index contributed by atoms with van der Waals surface area (Å²) >= 11 is 2.19. The Balaban J connectivity index is 1.98. The maximum absolute atomic E-state index is 14.0. The van der Waals surface area contributed by atoms with Gasteiger partial charge in [-0.15, -0.1) is 0 Å². The minimum absolute atomic E-state index is 0.234. The molecule has 0 aliphatic heterocycles. The largest absolute Gasteiger partial charge is 0.454 e. The third-order valence-corrected chi connectivity index (χ3v) is 3.50. The highest BCUT2D eigenvalue weighted by Gasteiger charge is 2.06. The minimum Gasteiger partial charge on any atom is -0.454 e. The molecule has 2 aromatic rings. The Kier molecular flexibility index (Phi) is 6.41. The summed E-state index contributed by atoms with van der Waals surface area (Å²) in [6, 6.07) is 12.5. The summed E-state index contributed by atoms with van der Waals surface area (Å²) in [4.78, 5) is 0. The monoisotopic (exact) mass is 401 g/mol. The first-order chi connectivity index (χ1) is 10.2. The Labute approximate surface area is 137 Å². The molecule has 112 valence electrons. The molecule has 0 saturated heterocycles. The molecular formula is C16H17FINO2. The summed E-state index contributed by atoms with van der Waals surface area (Å²) in [6.07, 6.45) is 0. The van der Waals surface area contributed by atoms with Crippen LogP contribution >= 0.6 is 22.6 Å². The molecule has 5 heteroatoms. The van der Waals surface area contributed by atoms with Gasteiger partial charge in [0.2, 0.25) is 0 Å². The summed E-state index contributed by atoms with van der Waals surface area (Å²) in [6.45, 7) is 1.97. The fourth-order valence-electron chi connectivity index (χ4n) is 1.80. The van der Waals surface area contributed by atoms with Gasteiger partial charge < -0.3 is 14.8 Å². The van der Waals surface area contributed by atoms with Gasteiger partial charge in [0.25, 0.3) is 0 Å². The molecule has 1 N–H and O–H groups in total. The Morgan fingerprint density at radius 3 is 2.76 bits per heavy atom. The van der Waals surface area contributed by atoms with E-state index in [4.69, 9.17) is 9.47 Å². The molecule has 0 radical (unpaired) electrons. The van der Waals surface area contributed by atoms with Crippen molar-refractivity contribution in [3.05, 3.63) is 57.4 Å². The molecule has 0 atom stereocenters. The Bertz CT molecular complexity index is 592. The van der Waals surface area contributed by atoms with Crippen LogP contribution in [-0.4, -0.2) is 20.3 Å². The second-order valence-corrected chi connectivity index (χ2v) is 5.74. The van der Waals surface area contributed by atoms with Crippen LogP contribution in [0.3, 0.4) is 0 Å². The Hall–Kier alpha value is -1.18. The average Bonchev–Trinajstić information content (AvgIpc) is 2.46. The SMILES string of the molecule is COCCNCc1ccc(Oc2cccc(I)c2)c(F)c1. The van der Waals surface area contributed by atoms with Crippen molar-refractivity contribution in [2.75, 3.05) is 20.3 Å². The Morgan fingerprint density at radius 2 is 2.05 bits per heavy atom. The molecule has 0 aromatic heterocycles. The summed E-state index contributed by atoms with van der Waals surface area (Å²) in [7, 11) is 1.65. The standard InChI is InChI=1S/C16H17FINO2/c1-20-8-7-19-11-12-5-6-16(15(17)9-12)21-14-4-2-3-13(18)10-14/h2-6,9-10,19H,7-8,11H2,1H3. The van der Waals surface area contributed by atoms with Crippen molar-refractivity contribution in [2.45, 2.75) is 6.54 Å². The van der Waals surface area contributed by atoms with Crippen molar-refractivity contribution in [3.63, 3.8) is 0 Å². The van der Waals surface area contributed by atoms with E-state index in [1.54, 1.807) is 13.2 Å². The lowest BCUT2D eigenvalue weighted by Gasteiger charge is -2.09. The van der Waals surface area contributed by atoms with Crippen LogP contribution in [0.25, 0.3) is 0 Å². The zero-order valence-electron chi connectivity index (χ0n) is 11.7. The molecule has 0 unspecified atom stereocenters. The molecule has 0 aliphatic rings. The number of hydrogen-bond donors (Lipinski definition) is 1. The molecule has 21 heavy (non-hydrogen) atoms. The predicted molar refractivity (Wildman–Crippen MR) is 89.2 cm³/mol. The number of hydrogen-bond acceptors (Lipinski definition) is 3. The lowest BCUT2D eigenvalue weighted by Crippen LogP contribution is -2.18. The maximum Gasteiger partial charge on any atom is 0.166 e. The van der Waals surface area contributed by atoms with Crippen LogP contribution < -0.4 is 10.1 Å². The number of rotatable bonds is 7. The third kappa shape index (κ3) is 5.26. The Morgan fingerprint density at radius 1 is 1.19 bits per heavy atom. The normalized spacial score (nSPS) is 10.6. The van der Waals surface area contributed by atoms with Gasteiger partial charge in [-0.3, -0.25) is 0 Å². The van der Waals surface area contributed by atoms with Crippen molar-refractivity contribution < 1.29 is 13.9 Å². The average molecular weight is 401 g/mol. The van der Waals surface area contributed by atoms with Crippen LogP contribution in [0.4, 0.5) is 4.39 Å². The molecular weight excluding hydrogens is 384 g/mol. The van der Waals surface area contributed by atoms with Crippen molar-refractivity contribution in [1.82, 2.24) is 5.32 Å². The third-order valence-electron chi connectivity index (χ3n) is 2.83. The van der Waals surface area contributed by atoms with Gasteiger partial charge in [0, 0.05) is 23.8 Å². The summed E-state index contributed by atoms with van der Waals surface area (Å²) in [5, 5.41) is 3.17. The van der Waals surface area contributed by atoms with Crippen molar-refractivity contribution >= 4 is 22.6 Å². The van der Waals surface area contributed by atoms with E-state index in [1.165, 1.54) is 6.07 Å². The second-order valence-electron chi connectivity index (χ2n) is 4.49. The second kappa shape index (κ2) is 8.31. The van der Waals surface area contributed by atoms with Gasteiger partial charge in [-0.2, -0.15) is 0 Å². The topological polar surface area (TPSA) is 30.5 Å². The molecule has 0 bridgehead atoms. The van der Waals surface area contributed by atoms with E-state index >= 15 is 0 Å². The molecule has 0 amide bonds. The summed E-state index contributed by atoms with van der Waals surface area (Å²) in [5.41, 5.74) is 0.874. The van der Waals surface area contributed by atoms with E-state index in [0.29, 0.717) is 18.9 Å². The van der Waals surface area contributed by atoms with Crippen molar-refractivity contribution in [1.29, 1.82) is 0 Å². The van der Waals surface area contributed by atoms with E-state index in [2.05, 4.69) is 27.9 Å². The van der Waals surface area contributed by atoms with E-state index in [-0.39, 0.29) is 11.6 Å². The first-order valence-corrected chi connectivity index (χ1v) is 7.68. The van der Waals surface area contributed by atoms with Crippen LogP contribution in [-0.2, 0) is 11.3 Å². The molecule has 2 aromatic carbocycles. The van der Waals surface area contributed by atoms with Crippen LogP contribution in [0.15, 0.2) is 42.5 Å². The summed E-state index contributed by atoms with van der Waals surface area (Å²) in [5.74, 6) is 0.504. The zero-order chi connectivity index (χ0) is 15.1. The molecule has 0 aliphatic carbocycles. The number of halogens is 2. The van der Waals surface area contributed by atoms with Gasteiger partial charge in [0.15, 0.2) is 11.6 Å². The highest BCUT2D eigenvalue weighted by atomic mass is 127. The predicted octanol–water partition coefficient (Wildman–Crippen LogP) is 3.96. The van der Waals surface area contributed by atoms with E-state index in [1.807, 2.05) is 30.3 Å². The zero-order valence-corrected chi connectivity index (χ0v) is 13.9. The highest BCUT2D eigenvalue weighted by molar-refractivity contribution is 14.1. The van der Waals surface area contributed by atoms with Crippen molar-refractivity contribution in [3.8, 4) is 11.5 Å². The van der Waals surface area contributed by atoms with Crippen molar-refractivity contribution in [2.24, 2.45) is 0 Å². The lowest BCUT2D eigenvalue weighted by molar-refractivity contribution is 0.199. The van der Waals surface area contributed by atoms with Crippen LogP contribution in [0.2, 0.25) is 0 Å². The fourth-order valence-corrected chi connectivity index (χ4v) is 2.32. The highest BCUT2D eigenvalue weighted by Crippen LogP contribution is 2.26. The van der Waals surface area contributed by atoms with E-state index in [0.717, 1.165) is 15.7 Å². The quantitative estimate of drug-likeness (QED) is 0.563. The van der Waals surface area contributed by atoms with Crippen LogP contribution in [0.1, 0.15) is 5.56 Å². The first-order valence-electron chi connectivity index (χ1n) is 6.60. The maximum atomic E-state index is 14.0. The number of ether oxygens (including phenoxy) is 2. The van der Waals surface area contributed by atoms with Crippen LogP contribution in [0, 0.1) is 9.39 Å². The minimum atomic E-state index is -0.361. The molecule has 0 heterocycles. The number of benzene rings is 2. The van der Waals surface area contributed by atoms with Gasteiger partial charge in [0.1, 0.15) is 5.75 Å². The van der Waals surface area contributed by atoms with E-state index in [9.17, 15) is 4.39 Å². The van der Waals surface area contributed by atoms with Gasteiger partial charge in [-0.25, -0.2) is 4.39 Å².